The summed E-state index contributed by atoms with van der Waals surface area (Å²) in [6.07, 6.45) is 4.76. The third-order valence-corrected chi connectivity index (χ3v) is 7.04. The summed E-state index contributed by atoms with van der Waals surface area (Å²) in [5.74, 6) is 1.60. The van der Waals surface area contributed by atoms with Crippen molar-refractivity contribution in [2.24, 2.45) is 0 Å². The lowest BCUT2D eigenvalue weighted by Crippen LogP contribution is -2.48. The minimum Gasteiger partial charge on any atom is -0.457 e. The number of ether oxygens (including phenoxy) is 2. The molecule has 1 fully saturated rings. The molecule has 11 nitrogen and oxygen atoms in total. The number of hydrogen-bond donors (Lipinski definition) is 1. The number of thiazole rings is 1. The number of nitrogens with zero attached hydrogens (tertiary/aromatic N) is 7. The van der Waals surface area contributed by atoms with Crippen molar-refractivity contribution in [3.63, 3.8) is 0 Å². The number of nitrogens with one attached hydrogen (secondary N) is 1. The van der Waals surface area contributed by atoms with E-state index in [0.29, 0.717) is 49.1 Å². The smallest absolute Gasteiger partial charge is 0.319 e. The van der Waals surface area contributed by atoms with Crippen molar-refractivity contribution in [1.29, 1.82) is 0 Å². The molecule has 1 aromatic carbocycles. The fourth-order valence-corrected chi connectivity index (χ4v) is 4.97. The monoisotopic (exact) mass is 528 g/mol. The van der Waals surface area contributed by atoms with Crippen LogP contribution in [0.15, 0.2) is 54.1 Å². The highest BCUT2D eigenvalue weighted by Crippen LogP contribution is 2.37. The first-order valence-electron chi connectivity index (χ1n) is 12.0. The van der Waals surface area contributed by atoms with E-state index in [0.717, 1.165) is 27.5 Å². The Morgan fingerprint density at radius 1 is 1.16 bits per heavy atom. The zero-order valence-corrected chi connectivity index (χ0v) is 21.4. The Hall–Kier alpha value is -4.58. The molecule has 0 saturated carbocycles. The van der Waals surface area contributed by atoms with Crippen LogP contribution in [0.5, 0.6) is 17.6 Å². The number of aryl methyl sites for hydroxylation is 1. The summed E-state index contributed by atoms with van der Waals surface area (Å²) in [6, 6.07) is 5.99. The molecule has 4 aromatic heterocycles. The van der Waals surface area contributed by atoms with E-state index in [4.69, 9.17) is 19.4 Å². The SMILES string of the molecule is C=CC(=O)N1CCN(c2nc(OCc3cscn3)nc3c(Oc4c(C)ccc5[nH]ncc45)nccc23)CC1. The first-order valence-corrected chi connectivity index (χ1v) is 13.0. The van der Waals surface area contributed by atoms with E-state index in [1.807, 2.05) is 30.5 Å². The summed E-state index contributed by atoms with van der Waals surface area (Å²) in [7, 11) is 0. The van der Waals surface area contributed by atoms with Crippen LogP contribution in [0.1, 0.15) is 11.3 Å². The molecular weight excluding hydrogens is 504 g/mol. The average Bonchev–Trinajstić information content (AvgIpc) is 3.65. The minimum atomic E-state index is -0.0758. The summed E-state index contributed by atoms with van der Waals surface area (Å²) < 4.78 is 12.4. The van der Waals surface area contributed by atoms with Crippen molar-refractivity contribution in [3.8, 4) is 17.6 Å². The van der Waals surface area contributed by atoms with Crippen LogP contribution in [-0.2, 0) is 11.4 Å². The Morgan fingerprint density at radius 3 is 2.82 bits per heavy atom. The van der Waals surface area contributed by atoms with Crippen LogP contribution in [0.3, 0.4) is 0 Å². The fourth-order valence-electron chi connectivity index (χ4n) is 4.42. The second-order valence-corrected chi connectivity index (χ2v) is 9.49. The van der Waals surface area contributed by atoms with E-state index in [1.165, 1.54) is 17.4 Å². The Morgan fingerprint density at radius 2 is 2.03 bits per heavy atom. The number of aromatic nitrogens is 6. The van der Waals surface area contributed by atoms with Crippen LogP contribution in [-0.4, -0.2) is 67.1 Å². The second-order valence-electron chi connectivity index (χ2n) is 8.77. The van der Waals surface area contributed by atoms with Crippen molar-refractivity contribution < 1.29 is 14.3 Å². The van der Waals surface area contributed by atoms with Crippen molar-refractivity contribution in [2.45, 2.75) is 13.5 Å². The second kappa shape index (κ2) is 10.1. The Kier molecular flexibility index (Phi) is 6.30. The van der Waals surface area contributed by atoms with Gasteiger partial charge in [0.2, 0.25) is 11.8 Å². The van der Waals surface area contributed by atoms with Gasteiger partial charge < -0.3 is 19.3 Å². The number of pyridine rings is 1. The third-order valence-electron chi connectivity index (χ3n) is 6.41. The fraction of sp³-hybridized carbons (Fsp3) is 0.231. The molecule has 0 radical (unpaired) electrons. The van der Waals surface area contributed by atoms with Crippen LogP contribution in [0.2, 0.25) is 0 Å². The van der Waals surface area contributed by atoms with Gasteiger partial charge in [0.1, 0.15) is 23.7 Å². The normalized spacial score (nSPS) is 13.7. The highest BCUT2D eigenvalue weighted by Gasteiger charge is 2.25. The molecule has 5 heterocycles. The molecule has 1 saturated heterocycles. The first-order chi connectivity index (χ1) is 18.6. The summed E-state index contributed by atoms with van der Waals surface area (Å²) in [5, 5.41) is 10.7. The summed E-state index contributed by atoms with van der Waals surface area (Å²) in [5.41, 5.74) is 4.87. The van der Waals surface area contributed by atoms with Crippen molar-refractivity contribution in [1.82, 2.24) is 35.0 Å². The molecule has 5 aromatic rings. The lowest BCUT2D eigenvalue weighted by molar-refractivity contribution is -0.126. The largest absolute Gasteiger partial charge is 0.457 e. The summed E-state index contributed by atoms with van der Waals surface area (Å²) in [6.45, 7) is 8.12. The predicted octanol–water partition coefficient (Wildman–Crippen LogP) is 3.87. The molecule has 6 rings (SSSR count). The van der Waals surface area contributed by atoms with Gasteiger partial charge in [-0.3, -0.25) is 9.89 Å². The lowest BCUT2D eigenvalue weighted by atomic mass is 10.1. The number of amides is 1. The van der Waals surface area contributed by atoms with Gasteiger partial charge in [0.15, 0.2) is 0 Å². The summed E-state index contributed by atoms with van der Waals surface area (Å²) >= 11 is 1.50. The third kappa shape index (κ3) is 4.50. The van der Waals surface area contributed by atoms with Gasteiger partial charge in [-0.1, -0.05) is 12.6 Å². The number of hydrogen-bond acceptors (Lipinski definition) is 10. The molecule has 1 amide bonds. The predicted molar refractivity (Wildman–Crippen MR) is 144 cm³/mol. The zero-order valence-electron chi connectivity index (χ0n) is 20.6. The van der Waals surface area contributed by atoms with Gasteiger partial charge in [0.25, 0.3) is 0 Å². The van der Waals surface area contributed by atoms with Crippen LogP contribution < -0.4 is 14.4 Å². The quantitative estimate of drug-likeness (QED) is 0.314. The van der Waals surface area contributed by atoms with E-state index < -0.39 is 0 Å². The number of carbonyl (C=O) groups is 1. The number of aromatic amines is 1. The lowest BCUT2D eigenvalue weighted by Gasteiger charge is -2.35. The van der Waals surface area contributed by atoms with Gasteiger partial charge >= 0.3 is 6.01 Å². The van der Waals surface area contributed by atoms with Gasteiger partial charge in [-0.05, 0) is 30.7 Å². The van der Waals surface area contributed by atoms with Crippen LogP contribution >= 0.6 is 11.3 Å². The standard InChI is InChI=1S/C26H24N8O3S/c1-3-21(35)33-8-10-34(11-9-33)24-18-6-7-27-25(37-23-16(2)4-5-20-19(23)12-29-32-20)22(18)30-26(31-24)36-13-17-14-38-15-28-17/h3-7,12,14-15H,1,8-11,13H2,2H3,(H,29,32). The molecule has 0 bridgehead atoms. The molecular formula is C26H24N8O3S. The van der Waals surface area contributed by atoms with Gasteiger partial charge in [-0.25, -0.2) is 9.97 Å². The van der Waals surface area contributed by atoms with Gasteiger partial charge in [-0.2, -0.15) is 15.1 Å². The number of carbonyl (C=O) groups excluding carboxylic acids is 1. The van der Waals surface area contributed by atoms with E-state index in [1.54, 1.807) is 22.8 Å². The maximum Gasteiger partial charge on any atom is 0.319 e. The van der Waals surface area contributed by atoms with Gasteiger partial charge in [0.05, 0.1) is 33.7 Å². The van der Waals surface area contributed by atoms with Gasteiger partial charge in [0, 0.05) is 37.8 Å². The van der Waals surface area contributed by atoms with Crippen LogP contribution in [0, 0.1) is 6.92 Å². The van der Waals surface area contributed by atoms with Gasteiger partial charge in [-0.15, -0.1) is 11.3 Å². The van der Waals surface area contributed by atoms with E-state index in [-0.39, 0.29) is 18.5 Å². The number of fused-ring (bicyclic) bond motifs is 2. The average molecular weight is 529 g/mol. The molecule has 1 aliphatic rings. The first kappa shape index (κ1) is 23.8. The molecule has 0 aliphatic carbocycles. The van der Waals surface area contributed by atoms with Crippen molar-refractivity contribution >= 4 is 44.9 Å². The molecule has 38 heavy (non-hydrogen) atoms. The van der Waals surface area contributed by atoms with Crippen molar-refractivity contribution in [2.75, 3.05) is 31.1 Å². The van der Waals surface area contributed by atoms with E-state index in [9.17, 15) is 4.79 Å². The zero-order chi connectivity index (χ0) is 26.1. The number of H-pyrrole nitrogens is 1. The molecule has 192 valence electrons. The molecule has 0 atom stereocenters. The number of rotatable bonds is 7. The Labute approximate surface area is 221 Å². The molecule has 1 N–H and O–H groups in total. The highest BCUT2D eigenvalue weighted by molar-refractivity contribution is 7.07. The maximum absolute atomic E-state index is 12.1. The maximum atomic E-state index is 12.1. The topological polar surface area (TPSA) is 122 Å². The van der Waals surface area contributed by atoms with E-state index in [2.05, 4.69) is 31.6 Å². The Balaban J connectivity index is 1.41. The number of anilines is 1. The minimum absolute atomic E-state index is 0.0758. The molecule has 0 spiro atoms. The summed E-state index contributed by atoms with van der Waals surface area (Å²) in [4.78, 5) is 34.3. The molecule has 1 aliphatic heterocycles. The Bertz CT molecular complexity index is 1630. The van der Waals surface area contributed by atoms with Crippen LogP contribution in [0.4, 0.5) is 5.82 Å². The highest BCUT2D eigenvalue weighted by atomic mass is 32.1. The molecule has 12 heteroatoms. The van der Waals surface area contributed by atoms with Crippen LogP contribution in [0.25, 0.3) is 21.8 Å². The number of benzene rings is 1. The van der Waals surface area contributed by atoms with E-state index >= 15 is 0 Å². The van der Waals surface area contributed by atoms with Crippen molar-refractivity contribution in [3.05, 3.63) is 65.4 Å². The number of piperazine rings is 1. The molecule has 0 unspecified atom stereocenters.